The minimum Gasteiger partial charge on any atom is -0.491 e. The summed E-state index contributed by atoms with van der Waals surface area (Å²) in [5.74, 6) is 6.01. The number of anilines is 1. The first-order chi connectivity index (χ1) is 10.1. The van der Waals surface area contributed by atoms with Gasteiger partial charge in [0.1, 0.15) is 12.4 Å². The van der Waals surface area contributed by atoms with E-state index in [1.165, 1.54) is 6.20 Å². The Morgan fingerprint density at radius 2 is 2.05 bits per heavy atom. The molecule has 0 bridgehead atoms. The van der Waals surface area contributed by atoms with Gasteiger partial charge in [0.2, 0.25) is 0 Å². The van der Waals surface area contributed by atoms with Crippen LogP contribution < -0.4 is 20.7 Å². The van der Waals surface area contributed by atoms with E-state index in [2.05, 4.69) is 15.1 Å². The zero-order chi connectivity index (χ0) is 14.9. The second-order valence-corrected chi connectivity index (χ2v) is 6.15. The van der Waals surface area contributed by atoms with Crippen molar-refractivity contribution in [1.82, 2.24) is 9.71 Å². The molecular formula is C13H14N4O3S. The van der Waals surface area contributed by atoms with Crippen LogP contribution in [0.3, 0.4) is 0 Å². The number of nitrogens with one attached hydrogen (secondary N) is 2. The smallest absolute Gasteiger partial charge is 0.260 e. The lowest BCUT2D eigenvalue weighted by Crippen LogP contribution is -2.31. The maximum Gasteiger partial charge on any atom is 0.260 e. The second kappa shape index (κ2) is 5.32. The molecule has 0 saturated heterocycles. The molecule has 3 rings (SSSR count). The van der Waals surface area contributed by atoms with Crippen molar-refractivity contribution in [2.24, 2.45) is 5.84 Å². The van der Waals surface area contributed by atoms with E-state index in [4.69, 9.17) is 10.6 Å². The van der Waals surface area contributed by atoms with E-state index in [-0.39, 0.29) is 17.3 Å². The van der Waals surface area contributed by atoms with Crippen molar-refractivity contribution in [3.05, 3.63) is 48.2 Å². The fraction of sp³-hybridized carbons (Fsp3) is 0.154. The van der Waals surface area contributed by atoms with Gasteiger partial charge in [0, 0.05) is 11.8 Å². The third-order valence-electron chi connectivity index (χ3n) is 3.18. The van der Waals surface area contributed by atoms with E-state index in [1.54, 1.807) is 18.2 Å². The number of fused-ring (bicyclic) bond motifs is 1. The first-order valence-electron chi connectivity index (χ1n) is 6.27. The van der Waals surface area contributed by atoms with E-state index >= 15 is 0 Å². The van der Waals surface area contributed by atoms with Crippen molar-refractivity contribution >= 4 is 15.7 Å². The molecule has 1 unspecified atom stereocenters. The lowest BCUT2D eigenvalue weighted by atomic mass is 10.1. The van der Waals surface area contributed by atoms with E-state index < -0.39 is 16.1 Å². The van der Waals surface area contributed by atoms with Crippen LogP contribution in [0.25, 0.3) is 0 Å². The lowest BCUT2D eigenvalue weighted by molar-refractivity contribution is 0.325. The number of rotatable bonds is 4. The summed E-state index contributed by atoms with van der Waals surface area (Å²) in [6.45, 7) is 0.247. The van der Waals surface area contributed by atoms with Crippen LogP contribution in [0, 0.1) is 0 Å². The van der Waals surface area contributed by atoms with Crippen molar-refractivity contribution in [3.8, 4) is 5.75 Å². The van der Waals surface area contributed by atoms with Gasteiger partial charge in [-0.3, -0.25) is 5.84 Å². The Hall–Kier alpha value is -2.16. The number of nitrogens with zero attached hydrogens (tertiary/aromatic N) is 1. The number of ether oxygens (including phenoxy) is 1. The van der Waals surface area contributed by atoms with Gasteiger partial charge in [-0.15, -0.1) is 0 Å². The Kier molecular flexibility index (Phi) is 3.50. The highest BCUT2D eigenvalue weighted by atomic mass is 32.2. The number of aromatic nitrogens is 1. The molecule has 8 heteroatoms. The molecule has 21 heavy (non-hydrogen) atoms. The van der Waals surface area contributed by atoms with Gasteiger partial charge >= 0.3 is 0 Å². The molecule has 7 nitrogen and oxygen atoms in total. The van der Waals surface area contributed by atoms with Crippen LogP contribution >= 0.6 is 0 Å². The number of hydrogen-bond acceptors (Lipinski definition) is 6. The van der Waals surface area contributed by atoms with Gasteiger partial charge in [0.25, 0.3) is 10.0 Å². The predicted molar refractivity (Wildman–Crippen MR) is 77.0 cm³/mol. The number of para-hydroxylation sites is 1. The Bertz CT molecular complexity index is 764. The molecule has 1 aliphatic rings. The van der Waals surface area contributed by atoms with Crippen molar-refractivity contribution in [3.63, 3.8) is 0 Å². The average molecular weight is 306 g/mol. The summed E-state index contributed by atoms with van der Waals surface area (Å²) in [5, 5.41) is -0.142. The van der Waals surface area contributed by atoms with E-state index in [9.17, 15) is 8.42 Å². The quantitative estimate of drug-likeness (QED) is 0.569. The predicted octanol–water partition coefficient (Wildman–Crippen LogP) is 0.779. The van der Waals surface area contributed by atoms with Crippen LogP contribution in [0.2, 0.25) is 0 Å². The van der Waals surface area contributed by atoms with Gasteiger partial charge in [-0.1, -0.05) is 18.2 Å². The fourth-order valence-corrected chi connectivity index (χ4v) is 3.52. The molecule has 0 aliphatic carbocycles. The number of nitrogen functional groups attached to an aromatic ring is 1. The van der Waals surface area contributed by atoms with Crippen LogP contribution in [0.5, 0.6) is 5.75 Å². The van der Waals surface area contributed by atoms with Gasteiger partial charge in [-0.05, 0) is 18.2 Å². The number of nitrogens with two attached hydrogens (primary N) is 1. The van der Waals surface area contributed by atoms with Gasteiger partial charge in [-0.25, -0.2) is 13.4 Å². The summed E-state index contributed by atoms with van der Waals surface area (Å²) in [4.78, 5) is 3.89. The van der Waals surface area contributed by atoms with Gasteiger partial charge in [-0.2, -0.15) is 4.72 Å². The monoisotopic (exact) mass is 306 g/mol. The van der Waals surface area contributed by atoms with Crippen molar-refractivity contribution in [2.75, 3.05) is 12.0 Å². The standard InChI is InChI=1S/C13H14N4O3S/c14-16-10-5-3-7-15-13(10)21(18,19)17-11-8-20-12-6-2-1-4-9(11)12/h1-7,11,16-17H,8,14H2. The molecule has 2 aromatic rings. The van der Waals surface area contributed by atoms with E-state index in [0.29, 0.717) is 5.75 Å². The number of benzene rings is 1. The highest BCUT2D eigenvalue weighted by Crippen LogP contribution is 2.33. The number of sulfonamides is 1. The molecule has 2 heterocycles. The summed E-state index contributed by atoms with van der Waals surface area (Å²) >= 11 is 0. The molecule has 4 N–H and O–H groups in total. The zero-order valence-electron chi connectivity index (χ0n) is 11.0. The molecule has 0 fully saturated rings. The number of hydrazine groups is 1. The zero-order valence-corrected chi connectivity index (χ0v) is 11.8. The largest absolute Gasteiger partial charge is 0.491 e. The average Bonchev–Trinajstić information content (AvgIpc) is 2.90. The summed E-state index contributed by atoms with van der Waals surface area (Å²) in [6.07, 6.45) is 1.40. The van der Waals surface area contributed by atoms with E-state index in [1.807, 2.05) is 18.2 Å². The lowest BCUT2D eigenvalue weighted by Gasteiger charge is -2.13. The molecule has 0 radical (unpaired) electrons. The molecule has 110 valence electrons. The van der Waals surface area contributed by atoms with Gasteiger partial charge < -0.3 is 10.2 Å². The van der Waals surface area contributed by atoms with Crippen LogP contribution in [-0.4, -0.2) is 20.0 Å². The van der Waals surface area contributed by atoms with Crippen molar-refractivity contribution < 1.29 is 13.2 Å². The molecule has 1 aromatic heterocycles. The third kappa shape index (κ3) is 2.56. The SMILES string of the molecule is NNc1cccnc1S(=O)(=O)NC1COc2ccccc21. The number of pyridine rings is 1. The first kappa shape index (κ1) is 13.8. The summed E-state index contributed by atoms with van der Waals surface area (Å²) in [6, 6.07) is 10.0. The summed E-state index contributed by atoms with van der Waals surface area (Å²) < 4.78 is 33.0. The Morgan fingerprint density at radius 1 is 1.24 bits per heavy atom. The topological polar surface area (TPSA) is 106 Å². The third-order valence-corrected chi connectivity index (χ3v) is 4.61. The normalized spacial score (nSPS) is 17.1. The van der Waals surface area contributed by atoms with Crippen LogP contribution in [0.4, 0.5) is 5.69 Å². The summed E-state index contributed by atoms with van der Waals surface area (Å²) in [5.41, 5.74) is 3.37. The molecule has 1 atom stereocenters. The van der Waals surface area contributed by atoms with Crippen molar-refractivity contribution in [2.45, 2.75) is 11.1 Å². The second-order valence-electron chi connectivity index (χ2n) is 4.52. The number of hydrogen-bond donors (Lipinski definition) is 3. The highest BCUT2D eigenvalue weighted by Gasteiger charge is 2.30. The molecule has 1 aliphatic heterocycles. The molecule has 0 saturated carbocycles. The van der Waals surface area contributed by atoms with Crippen LogP contribution in [0.1, 0.15) is 11.6 Å². The maximum absolute atomic E-state index is 12.5. The molecule has 0 spiro atoms. The van der Waals surface area contributed by atoms with Crippen molar-refractivity contribution in [1.29, 1.82) is 0 Å². The highest BCUT2D eigenvalue weighted by molar-refractivity contribution is 7.89. The van der Waals surface area contributed by atoms with Crippen LogP contribution in [0.15, 0.2) is 47.6 Å². The Morgan fingerprint density at radius 3 is 2.86 bits per heavy atom. The molecule has 1 aromatic carbocycles. The van der Waals surface area contributed by atoms with Crippen LogP contribution in [-0.2, 0) is 10.0 Å². The Balaban J connectivity index is 1.91. The molecular weight excluding hydrogens is 292 g/mol. The first-order valence-corrected chi connectivity index (χ1v) is 7.76. The van der Waals surface area contributed by atoms with Gasteiger partial charge in [0.05, 0.1) is 11.7 Å². The van der Waals surface area contributed by atoms with Gasteiger partial charge in [0.15, 0.2) is 5.03 Å². The van der Waals surface area contributed by atoms with E-state index in [0.717, 1.165) is 5.56 Å². The fourth-order valence-electron chi connectivity index (χ4n) is 2.22. The minimum atomic E-state index is -3.81. The maximum atomic E-state index is 12.5. The summed E-state index contributed by atoms with van der Waals surface area (Å²) in [7, 11) is -3.81. The Labute approximate surface area is 122 Å². The minimum absolute atomic E-state index is 0.142. The molecule has 0 amide bonds.